The van der Waals surface area contributed by atoms with Gasteiger partial charge in [-0.15, -0.1) is 0 Å². The van der Waals surface area contributed by atoms with Gasteiger partial charge in [0.25, 0.3) is 5.91 Å². The Morgan fingerprint density at radius 1 is 1.23 bits per heavy atom. The molecule has 0 radical (unpaired) electrons. The van der Waals surface area contributed by atoms with Gasteiger partial charge in [0.2, 0.25) is 0 Å². The smallest absolute Gasteiger partial charge is 0.260 e. The van der Waals surface area contributed by atoms with Crippen LogP contribution in [0.3, 0.4) is 0 Å². The van der Waals surface area contributed by atoms with E-state index in [0.717, 1.165) is 77.9 Å². The first-order valence-electron chi connectivity index (χ1n) is 10.8. The summed E-state index contributed by atoms with van der Waals surface area (Å²) >= 11 is 1.57. The van der Waals surface area contributed by atoms with Gasteiger partial charge in [0.05, 0.1) is 17.6 Å². The number of fused-ring (bicyclic) bond motifs is 1. The van der Waals surface area contributed by atoms with Crippen LogP contribution in [-0.2, 0) is 4.79 Å². The lowest BCUT2D eigenvalue weighted by molar-refractivity contribution is -0.126. The van der Waals surface area contributed by atoms with E-state index in [4.69, 9.17) is 9.47 Å². The summed E-state index contributed by atoms with van der Waals surface area (Å²) in [6, 6.07) is 5.98. The quantitative estimate of drug-likeness (QED) is 0.758. The molecule has 30 heavy (non-hydrogen) atoms. The molecule has 5 nitrogen and oxygen atoms in total. The van der Waals surface area contributed by atoms with E-state index in [1.165, 1.54) is 0 Å². The van der Waals surface area contributed by atoms with E-state index < -0.39 is 0 Å². The Kier molecular flexibility index (Phi) is 6.25. The molecule has 3 heterocycles. The highest BCUT2D eigenvalue weighted by Gasteiger charge is 2.39. The number of piperidine rings is 1. The van der Waals surface area contributed by atoms with Crippen molar-refractivity contribution in [1.29, 1.82) is 0 Å². The monoisotopic (exact) mass is 426 g/mol. The fourth-order valence-corrected chi connectivity index (χ4v) is 5.43. The highest BCUT2D eigenvalue weighted by molar-refractivity contribution is 8.08. The molecule has 1 N–H and O–H groups in total. The second-order valence-electron chi connectivity index (χ2n) is 7.76. The Hall–Kier alpha value is -2.18. The van der Waals surface area contributed by atoms with Crippen LogP contribution in [0.25, 0.3) is 5.57 Å². The number of likely N-dealkylation sites (N-methyl/N-ethyl adjacent to an activating group) is 1. The van der Waals surface area contributed by atoms with Gasteiger partial charge in [-0.2, -0.15) is 0 Å². The first-order valence-corrected chi connectivity index (χ1v) is 11.6. The number of carbonyl (C=O) groups is 1. The maximum absolute atomic E-state index is 13.0. The summed E-state index contributed by atoms with van der Waals surface area (Å²) in [6.07, 6.45) is 9.13. The number of hydrogen-bond acceptors (Lipinski definition) is 5. The van der Waals surface area contributed by atoms with Crippen LogP contribution >= 0.6 is 11.8 Å². The van der Waals surface area contributed by atoms with Crippen molar-refractivity contribution in [1.82, 2.24) is 10.2 Å². The number of allylic oxidation sites excluding steroid dienone is 3. The number of nitrogens with one attached hydrogen (secondary N) is 1. The molecule has 4 rings (SSSR count). The number of rotatable bonds is 5. The Balaban J connectivity index is 1.72. The minimum absolute atomic E-state index is 0.111. The Labute approximate surface area is 183 Å². The maximum atomic E-state index is 13.0. The van der Waals surface area contributed by atoms with Gasteiger partial charge in [-0.05, 0) is 51.6 Å². The van der Waals surface area contributed by atoms with Gasteiger partial charge in [0.1, 0.15) is 17.1 Å². The average Bonchev–Trinajstić information content (AvgIpc) is 2.79. The number of ether oxygens (including phenoxy) is 2. The van der Waals surface area contributed by atoms with Gasteiger partial charge in [-0.3, -0.25) is 4.79 Å². The second kappa shape index (κ2) is 8.90. The number of thioether (sulfide) groups is 1. The Bertz CT molecular complexity index is 909. The topological polar surface area (TPSA) is 50.8 Å². The SMILES string of the molecule is CCN(CC)C(=O)C1=CCC=C(C2=CC3(CCNCC3)Oc3cccc(OC)c32)S1. The van der Waals surface area contributed by atoms with Crippen molar-refractivity contribution in [2.24, 2.45) is 0 Å². The first-order chi connectivity index (χ1) is 14.6. The molecule has 6 heteroatoms. The molecular formula is C24H30N2O3S. The summed E-state index contributed by atoms with van der Waals surface area (Å²) in [5.74, 6) is 1.77. The van der Waals surface area contributed by atoms with Crippen molar-refractivity contribution in [2.45, 2.75) is 38.7 Å². The molecule has 1 fully saturated rings. The van der Waals surface area contributed by atoms with Crippen molar-refractivity contribution < 1.29 is 14.3 Å². The van der Waals surface area contributed by atoms with Crippen molar-refractivity contribution in [2.75, 3.05) is 33.3 Å². The zero-order chi connectivity index (χ0) is 21.1. The fraction of sp³-hybridized carbons (Fsp3) is 0.458. The van der Waals surface area contributed by atoms with E-state index in [-0.39, 0.29) is 11.5 Å². The van der Waals surface area contributed by atoms with Crippen LogP contribution in [0.4, 0.5) is 0 Å². The van der Waals surface area contributed by atoms with E-state index in [1.54, 1.807) is 18.9 Å². The van der Waals surface area contributed by atoms with Crippen molar-refractivity contribution in [3.05, 3.63) is 51.8 Å². The van der Waals surface area contributed by atoms with Gasteiger partial charge in [0, 0.05) is 36.4 Å². The van der Waals surface area contributed by atoms with Gasteiger partial charge >= 0.3 is 0 Å². The van der Waals surface area contributed by atoms with Gasteiger partial charge in [-0.1, -0.05) is 30.0 Å². The first kappa shape index (κ1) is 21.1. The highest BCUT2D eigenvalue weighted by atomic mass is 32.2. The lowest BCUT2D eigenvalue weighted by Crippen LogP contribution is -2.46. The van der Waals surface area contributed by atoms with Crippen LogP contribution in [-0.4, -0.2) is 49.7 Å². The number of amides is 1. The summed E-state index contributed by atoms with van der Waals surface area (Å²) in [5, 5.41) is 3.43. The van der Waals surface area contributed by atoms with E-state index >= 15 is 0 Å². The molecule has 1 saturated heterocycles. The second-order valence-corrected chi connectivity index (χ2v) is 8.84. The molecular weight excluding hydrogens is 396 g/mol. The summed E-state index contributed by atoms with van der Waals surface area (Å²) in [7, 11) is 1.69. The molecule has 0 aromatic heterocycles. The predicted octanol–water partition coefficient (Wildman–Crippen LogP) is 4.37. The van der Waals surface area contributed by atoms with Gasteiger partial charge in [-0.25, -0.2) is 0 Å². The van der Waals surface area contributed by atoms with E-state index in [0.29, 0.717) is 0 Å². The van der Waals surface area contributed by atoms with Crippen LogP contribution in [0.2, 0.25) is 0 Å². The Morgan fingerprint density at radius 2 is 2.00 bits per heavy atom. The minimum Gasteiger partial charge on any atom is -0.496 e. The minimum atomic E-state index is -0.314. The molecule has 1 spiro atoms. The van der Waals surface area contributed by atoms with Crippen LogP contribution in [0.5, 0.6) is 11.5 Å². The number of nitrogens with zero attached hydrogens (tertiary/aromatic N) is 1. The standard InChI is InChI=1S/C24H30N2O3S/c1-4-26(5-2)23(27)21-11-7-10-20(30-21)17-16-24(12-14-25-15-13-24)29-19-9-6-8-18(28-3)22(17)19/h6,8-11,16,25H,4-5,7,12-15H2,1-3H3. The molecule has 1 aromatic rings. The number of carbonyl (C=O) groups excluding carboxylic acids is 1. The van der Waals surface area contributed by atoms with Crippen LogP contribution in [0, 0.1) is 0 Å². The van der Waals surface area contributed by atoms with E-state index in [2.05, 4.69) is 17.5 Å². The zero-order valence-electron chi connectivity index (χ0n) is 18.0. The normalized spacial score (nSPS) is 19.8. The molecule has 0 unspecified atom stereocenters. The number of benzene rings is 1. The number of methoxy groups -OCH3 is 1. The molecule has 1 amide bonds. The summed E-state index contributed by atoms with van der Waals surface area (Å²) in [5.41, 5.74) is 1.80. The summed E-state index contributed by atoms with van der Waals surface area (Å²) in [6.45, 7) is 7.34. The molecule has 0 atom stereocenters. The highest BCUT2D eigenvalue weighted by Crippen LogP contribution is 2.50. The van der Waals surface area contributed by atoms with E-state index in [9.17, 15) is 4.79 Å². The van der Waals surface area contributed by atoms with Crippen LogP contribution in [0.1, 0.15) is 38.7 Å². The molecule has 0 bridgehead atoms. The molecule has 1 aromatic carbocycles. The summed E-state index contributed by atoms with van der Waals surface area (Å²) in [4.78, 5) is 16.8. The maximum Gasteiger partial charge on any atom is 0.260 e. The average molecular weight is 427 g/mol. The van der Waals surface area contributed by atoms with Crippen LogP contribution < -0.4 is 14.8 Å². The fourth-order valence-electron chi connectivity index (χ4n) is 4.34. The third kappa shape index (κ3) is 3.91. The van der Waals surface area contributed by atoms with Crippen molar-refractivity contribution in [3.8, 4) is 11.5 Å². The zero-order valence-corrected chi connectivity index (χ0v) is 18.8. The summed E-state index contributed by atoms with van der Waals surface area (Å²) < 4.78 is 12.2. The third-order valence-electron chi connectivity index (χ3n) is 6.00. The van der Waals surface area contributed by atoms with Crippen molar-refractivity contribution in [3.63, 3.8) is 0 Å². The molecule has 160 valence electrons. The van der Waals surface area contributed by atoms with Gasteiger partial charge in [0.15, 0.2) is 0 Å². The Morgan fingerprint density at radius 3 is 2.70 bits per heavy atom. The largest absolute Gasteiger partial charge is 0.496 e. The predicted molar refractivity (Wildman–Crippen MR) is 123 cm³/mol. The van der Waals surface area contributed by atoms with Crippen LogP contribution in [0.15, 0.2) is 46.2 Å². The van der Waals surface area contributed by atoms with E-state index in [1.807, 2.05) is 43.0 Å². The molecule has 0 saturated carbocycles. The molecule has 3 aliphatic heterocycles. The lowest BCUT2D eigenvalue weighted by atomic mass is 9.85. The molecule has 3 aliphatic rings. The van der Waals surface area contributed by atoms with Gasteiger partial charge < -0.3 is 19.7 Å². The number of hydrogen-bond donors (Lipinski definition) is 1. The lowest BCUT2D eigenvalue weighted by Gasteiger charge is -2.40. The van der Waals surface area contributed by atoms with Crippen molar-refractivity contribution >= 4 is 23.2 Å². The molecule has 0 aliphatic carbocycles. The third-order valence-corrected chi connectivity index (χ3v) is 7.17.